The van der Waals surface area contributed by atoms with Gasteiger partial charge in [0.25, 0.3) is 0 Å². The fourth-order valence-corrected chi connectivity index (χ4v) is 3.39. The van der Waals surface area contributed by atoms with E-state index in [9.17, 15) is 4.79 Å². The Balaban J connectivity index is 1.88. The van der Waals surface area contributed by atoms with Gasteiger partial charge >= 0.3 is 0 Å². The molecule has 5 heteroatoms. The number of carbonyl (C=O) groups excluding carboxylic acids is 1. The highest BCUT2D eigenvalue weighted by atomic mass is 32.1. The van der Waals surface area contributed by atoms with Crippen LogP contribution in [-0.4, -0.2) is 30.6 Å². The van der Waals surface area contributed by atoms with Gasteiger partial charge in [0.15, 0.2) is 11.5 Å². The highest BCUT2D eigenvalue weighted by Gasteiger charge is 2.31. The van der Waals surface area contributed by atoms with Gasteiger partial charge in [0.1, 0.15) is 13.2 Å². The van der Waals surface area contributed by atoms with Crippen molar-refractivity contribution in [3.05, 3.63) is 10.3 Å². The maximum atomic E-state index is 11.7. The predicted octanol–water partition coefficient (Wildman–Crippen LogP) is 2.20. The summed E-state index contributed by atoms with van der Waals surface area (Å²) in [5.74, 6) is 1.92. The molecule has 0 spiro atoms. The molecule has 0 radical (unpaired) electrons. The molecule has 1 unspecified atom stereocenters. The molecule has 0 N–H and O–H groups in total. The summed E-state index contributed by atoms with van der Waals surface area (Å²) in [7, 11) is 0. The van der Waals surface area contributed by atoms with Crippen LogP contribution in [0.25, 0.3) is 0 Å². The molecule has 1 amide bonds. The normalized spacial score (nSPS) is 20.8. The molecule has 1 aromatic heterocycles. The molecule has 2 aliphatic rings. The zero-order valence-electron chi connectivity index (χ0n) is 9.77. The standard InChI is InChI=1S/C12H15NO3S/c1-8(13-4-2-3-10(13)14)12-11-9(7-17-12)15-5-6-16-11/h7-8H,2-6H2,1H3. The van der Waals surface area contributed by atoms with Crippen molar-refractivity contribution in [2.45, 2.75) is 25.8 Å². The SMILES string of the molecule is CC(c1scc2c1OCCO2)N1CCCC1=O. The van der Waals surface area contributed by atoms with E-state index in [4.69, 9.17) is 9.47 Å². The third-order valence-corrected chi connectivity index (χ3v) is 4.40. The van der Waals surface area contributed by atoms with Crippen molar-refractivity contribution in [1.82, 2.24) is 4.90 Å². The Kier molecular flexibility index (Phi) is 2.70. The van der Waals surface area contributed by atoms with Gasteiger partial charge in [0, 0.05) is 18.3 Å². The smallest absolute Gasteiger partial charge is 0.223 e. The molecule has 3 rings (SSSR count). The van der Waals surface area contributed by atoms with Crippen molar-refractivity contribution in [2.75, 3.05) is 19.8 Å². The van der Waals surface area contributed by atoms with Gasteiger partial charge in [-0.25, -0.2) is 0 Å². The zero-order valence-corrected chi connectivity index (χ0v) is 10.6. The molecule has 0 saturated carbocycles. The molecule has 17 heavy (non-hydrogen) atoms. The van der Waals surface area contributed by atoms with E-state index in [-0.39, 0.29) is 11.9 Å². The highest BCUT2D eigenvalue weighted by molar-refractivity contribution is 7.10. The second kappa shape index (κ2) is 4.22. The van der Waals surface area contributed by atoms with Crippen molar-refractivity contribution >= 4 is 17.2 Å². The third kappa shape index (κ3) is 1.78. The van der Waals surface area contributed by atoms with Crippen LogP contribution in [0.5, 0.6) is 11.5 Å². The van der Waals surface area contributed by atoms with Crippen molar-refractivity contribution in [3.8, 4) is 11.5 Å². The van der Waals surface area contributed by atoms with Gasteiger partial charge in [-0.1, -0.05) is 0 Å². The molecule has 92 valence electrons. The first-order chi connectivity index (χ1) is 8.27. The largest absolute Gasteiger partial charge is 0.485 e. The average Bonchev–Trinajstić information content (AvgIpc) is 2.94. The van der Waals surface area contributed by atoms with Crippen LogP contribution in [0, 0.1) is 0 Å². The van der Waals surface area contributed by atoms with Crippen LogP contribution in [0.3, 0.4) is 0 Å². The van der Waals surface area contributed by atoms with Gasteiger partial charge < -0.3 is 14.4 Å². The summed E-state index contributed by atoms with van der Waals surface area (Å²) in [5, 5.41) is 1.97. The minimum absolute atomic E-state index is 0.0976. The van der Waals surface area contributed by atoms with Crippen molar-refractivity contribution in [2.24, 2.45) is 0 Å². The molecule has 1 atom stereocenters. The summed E-state index contributed by atoms with van der Waals surface area (Å²) >= 11 is 1.62. The van der Waals surface area contributed by atoms with Crippen molar-refractivity contribution < 1.29 is 14.3 Å². The number of nitrogens with zero attached hydrogens (tertiary/aromatic N) is 1. The number of amides is 1. The van der Waals surface area contributed by atoms with Crippen LogP contribution < -0.4 is 9.47 Å². The van der Waals surface area contributed by atoms with Gasteiger partial charge in [-0.3, -0.25) is 4.79 Å². The van der Waals surface area contributed by atoms with Gasteiger partial charge in [0.2, 0.25) is 5.91 Å². The van der Waals surface area contributed by atoms with E-state index in [0.29, 0.717) is 19.6 Å². The number of hydrogen-bond donors (Lipinski definition) is 0. The van der Waals surface area contributed by atoms with E-state index in [1.807, 2.05) is 10.3 Å². The quantitative estimate of drug-likeness (QED) is 0.811. The molecule has 1 saturated heterocycles. The number of rotatable bonds is 2. The number of likely N-dealkylation sites (tertiary alicyclic amines) is 1. The molecule has 2 aliphatic heterocycles. The minimum Gasteiger partial charge on any atom is -0.485 e. The van der Waals surface area contributed by atoms with E-state index >= 15 is 0 Å². The van der Waals surface area contributed by atoms with Crippen LogP contribution in [-0.2, 0) is 4.79 Å². The second-order valence-electron chi connectivity index (χ2n) is 4.36. The lowest BCUT2D eigenvalue weighted by molar-refractivity contribution is -0.129. The third-order valence-electron chi connectivity index (χ3n) is 3.28. The molecule has 3 heterocycles. The Labute approximate surface area is 104 Å². The summed E-state index contributed by atoms with van der Waals surface area (Å²) in [6.45, 7) is 4.12. The molecule has 1 fully saturated rings. The maximum absolute atomic E-state index is 11.7. The number of ether oxygens (including phenoxy) is 2. The van der Waals surface area contributed by atoms with Crippen molar-refractivity contribution in [3.63, 3.8) is 0 Å². The van der Waals surface area contributed by atoms with Gasteiger partial charge in [-0.2, -0.15) is 0 Å². The molecule has 0 aromatic carbocycles. The molecular formula is C12H15NO3S. The molecule has 1 aromatic rings. The molecule has 0 aliphatic carbocycles. The fourth-order valence-electron chi connectivity index (χ4n) is 2.39. The summed E-state index contributed by atoms with van der Waals surface area (Å²) in [6.07, 6.45) is 1.64. The first-order valence-electron chi connectivity index (χ1n) is 5.94. The second-order valence-corrected chi connectivity index (χ2v) is 5.27. The highest BCUT2D eigenvalue weighted by Crippen LogP contribution is 2.44. The number of hydrogen-bond acceptors (Lipinski definition) is 4. The maximum Gasteiger partial charge on any atom is 0.223 e. The van der Waals surface area contributed by atoms with Crippen LogP contribution in [0.15, 0.2) is 5.38 Å². The first kappa shape index (κ1) is 10.9. The Morgan fingerprint density at radius 3 is 3.00 bits per heavy atom. The van der Waals surface area contributed by atoms with Gasteiger partial charge in [-0.05, 0) is 13.3 Å². The van der Waals surface area contributed by atoms with Crippen LogP contribution in [0.1, 0.15) is 30.7 Å². The summed E-state index contributed by atoms with van der Waals surface area (Å²) in [4.78, 5) is 14.8. The monoisotopic (exact) mass is 253 g/mol. The van der Waals surface area contributed by atoms with Crippen LogP contribution in [0.4, 0.5) is 0 Å². The van der Waals surface area contributed by atoms with Crippen molar-refractivity contribution in [1.29, 1.82) is 0 Å². The van der Waals surface area contributed by atoms with Crippen LogP contribution in [0.2, 0.25) is 0 Å². The Morgan fingerprint density at radius 1 is 1.41 bits per heavy atom. The zero-order chi connectivity index (χ0) is 11.8. The Morgan fingerprint density at radius 2 is 2.24 bits per heavy atom. The number of carbonyl (C=O) groups is 1. The van der Waals surface area contributed by atoms with E-state index in [2.05, 4.69) is 6.92 Å². The average molecular weight is 253 g/mol. The van der Waals surface area contributed by atoms with E-state index in [1.165, 1.54) is 0 Å². The predicted molar refractivity (Wildman–Crippen MR) is 64.7 cm³/mol. The Hall–Kier alpha value is -1.23. The number of fused-ring (bicyclic) bond motifs is 1. The lowest BCUT2D eigenvalue weighted by Gasteiger charge is -2.25. The molecular weight excluding hydrogens is 238 g/mol. The summed E-state index contributed by atoms with van der Waals surface area (Å²) < 4.78 is 11.2. The van der Waals surface area contributed by atoms with E-state index in [0.717, 1.165) is 29.3 Å². The van der Waals surface area contributed by atoms with Crippen LogP contribution >= 0.6 is 11.3 Å². The fraction of sp³-hybridized carbons (Fsp3) is 0.583. The first-order valence-corrected chi connectivity index (χ1v) is 6.82. The van der Waals surface area contributed by atoms with E-state index < -0.39 is 0 Å². The lowest BCUT2D eigenvalue weighted by atomic mass is 10.2. The van der Waals surface area contributed by atoms with Gasteiger partial charge in [-0.15, -0.1) is 11.3 Å². The minimum atomic E-state index is 0.0976. The summed E-state index contributed by atoms with van der Waals surface area (Å²) in [6, 6.07) is 0.0976. The Bertz CT molecular complexity index is 443. The lowest BCUT2D eigenvalue weighted by Crippen LogP contribution is -2.28. The van der Waals surface area contributed by atoms with Gasteiger partial charge in [0.05, 0.1) is 10.9 Å². The summed E-state index contributed by atoms with van der Waals surface area (Å²) in [5.41, 5.74) is 0. The topological polar surface area (TPSA) is 38.8 Å². The molecule has 0 bridgehead atoms. The number of thiophene rings is 1. The molecule has 4 nitrogen and oxygen atoms in total. The van der Waals surface area contributed by atoms with E-state index in [1.54, 1.807) is 11.3 Å².